The Hall–Kier alpha value is -2.95. The lowest BCUT2D eigenvalue weighted by Gasteiger charge is -2.05. The maximum Gasteiger partial charge on any atom is 0.287 e. The lowest BCUT2D eigenvalue weighted by atomic mass is 10.1. The van der Waals surface area contributed by atoms with Crippen molar-refractivity contribution in [3.63, 3.8) is 0 Å². The van der Waals surface area contributed by atoms with E-state index in [0.29, 0.717) is 6.42 Å². The topological polar surface area (TPSA) is 137 Å². The lowest BCUT2D eigenvalue weighted by molar-refractivity contribution is 0.0925. The predicted molar refractivity (Wildman–Crippen MR) is 110 cm³/mol. The molecule has 1 aromatic heterocycles. The van der Waals surface area contributed by atoms with Crippen molar-refractivity contribution in [3.05, 3.63) is 83.8 Å². The number of nitrogens with one attached hydrogen (secondary N) is 1. The summed E-state index contributed by atoms with van der Waals surface area (Å²) >= 11 is 0. The molecular formula is C20H20N2O6S2. The van der Waals surface area contributed by atoms with Crippen molar-refractivity contribution < 1.29 is 26.0 Å². The third-order valence-corrected chi connectivity index (χ3v) is 6.86. The van der Waals surface area contributed by atoms with Crippen LogP contribution in [0.5, 0.6) is 0 Å². The van der Waals surface area contributed by atoms with Gasteiger partial charge >= 0.3 is 0 Å². The Kier molecular flexibility index (Phi) is 6.40. The van der Waals surface area contributed by atoms with E-state index in [0.717, 1.165) is 5.56 Å². The highest BCUT2D eigenvalue weighted by Gasteiger charge is 2.19. The maximum absolute atomic E-state index is 12.4. The number of nitrogens with two attached hydrogens (primary N) is 1. The zero-order chi connectivity index (χ0) is 21.8. The molecule has 0 unspecified atom stereocenters. The molecule has 0 fully saturated rings. The molecule has 0 aliphatic heterocycles. The van der Waals surface area contributed by atoms with Gasteiger partial charge in [-0.2, -0.15) is 0 Å². The molecule has 0 aliphatic carbocycles. The van der Waals surface area contributed by atoms with Crippen LogP contribution in [-0.4, -0.2) is 29.3 Å². The second kappa shape index (κ2) is 8.82. The standard InChI is InChI=1S/C20H20N2O6S2/c21-30(26,27)18-9-6-15(7-10-18)12-13-22-20(23)19-11-8-16(28-19)14-29(24,25)17-4-2-1-3-5-17/h1-11H,12-14H2,(H,22,23)(H2,21,26,27). The molecule has 3 N–H and O–H groups in total. The molecule has 8 nitrogen and oxygen atoms in total. The first-order valence-corrected chi connectivity index (χ1v) is 12.1. The first kappa shape index (κ1) is 21.8. The number of furan rings is 1. The largest absolute Gasteiger partial charge is 0.455 e. The van der Waals surface area contributed by atoms with Gasteiger partial charge < -0.3 is 9.73 Å². The molecule has 0 radical (unpaired) electrons. The Balaban J connectivity index is 1.55. The molecule has 0 spiro atoms. The van der Waals surface area contributed by atoms with Crippen LogP contribution < -0.4 is 10.5 Å². The number of primary sulfonamides is 1. The molecular weight excluding hydrogens is 428 g/mol. The van der Waals surface area contributed by atoms with Gasteiger partial charge in [-0.05, 0) is 48.4 Å². The normalized spacial score (nSPS) is 11.9. The van der Waals surface area contributed by atoms with E-state index in [-0.39, 0.29) is 33.6 Å². The molecule has 0 saturated heterocycles. The summed E-state index contributed by atoms with van der Waals surface area (Å²) in [6, 6.07) is 16.9. The lowest BCUT2D eigenvalue weighted by Crippen LogP contribution is -2.25. The number of carbonyl (C=O) groups excluding carboxylic acids is 1. The summed E-state index contributed by atoms with van der Waals surface area (Å²) in [5, 5.41) is 7.73. The zero-order valence-electron chi connectivity index (χ0n) is 15.8. The van der Waals surface area contributed by atoms with Crippen molar-refractivity contribution in [1.82, 2.24) is 5.32 Å². The predicted octanol–water partition coefficient (Wildman–Crippen LogP) is 1.87. The van der Waals surface area contributed by atoms with Gasteiger partial charge in [0.25, 0.3) is 5.91 Å². The van der Waals surface area contributed by atoms with Crippen molar-refractivity contribution in [3.8, 4) is 0 Å². The molecule has 3 rings (SSSR count). The maximum atomic E-state index is 12.4. The van der Waals surface area contributed by atoms with Gasteiger partial charge in [0.1, 0.15) is 11.5 Å². The van der Waals surface area contributed by atoms with E-state index < -0.39 is 25.8 Å². The summed E-state index contributed by atoms with van der Waals surface area (Å²) in [5.74, 6) is -0.638. The summed E-state index contributed by atoms with van der Waals surface area (Å²) in [5.41, 5.74) is 0.816. The summed E-state index contributed by atoms with van der Waals surface area (Å²) in [7, 11) is -7.31. The fourth-order valence-corrected chi connectivity index (χ4v) is 4.51. The van der Waals surface area contributed by atoms with E-state index in [1.54, 1.807) is 30.3 Å². The van der Waals surface area contributed by atoms with Crippen LogP contribution in [0.2, 0.25) is 0 Å². The Morgan fingerprint density at radius 2 is 1.53 bits per heavy atom. The van der Waals surface area contributed by atoms with Gasteiger partial charge in [-0.3, -0.25) is 4.79 Å². The van der Waals surface area contributed by atoms with Crippen molar-refractivity contribution in [1.29, 1.82) is 0 Å². The minimum atomic E-state index is -3.74. The third kappa shape index (κ3) is 5.56. The van der Waals surface area contributed by atoms with Crippen LogP contribution in [0.15, 0.2) is 80.9 Å². The van der Waals surface area contributed by atoms with E-state index in [1.807, 2.05) is 0 Å². The minimum Gasteiger partial charge on any atom is -0.455 e. The highest BCUT2D eigenvalue weighted by atomic mass is 32.2. The molecule has 10 heteroatoms. The third-order valence-electron chi connectivity index (χ3n) is 4.27. The summed E-state index contributed by atoms with van der Waals surface area (Å²) in [6.07, 6.45) is 0.465. The van der Waals surface area contributed by atoms with E-state index in [9.17, 15) is 21.6 Å². The first-order valence-electron chi connectivity index (χ1n) is 8.92. The second-order valence-electron chi connectivity index (χ2n) is 6.53. The molecule has 2 aromatic carbocycles. The van der Waals surface area contributed by atoms with Crippen molar-refractivity contribution in [2.24, 2.45) is 5.14 Å². The summed E-state index contributed by atoms with van der Waals surface area (Å²) in [4.78, 5) is 12.4. The summed E-state index contributed by atoms with van der Waals surface area (Å²) in [6.45, 7) is 0.284. The highest BCUT2D eigenvalue weighted by molar-refractivity contribution is 7.90. The van der Waals surface area contributed by atoms with E-state index in [1.165, 1.54) is 36.4 Å². The molecule has 0 saturated carbocycles. The minimum absolute atomic E-state index is 0.0119. The van der Waals surface area contributed by atoms with Crippen LogP contribution in [-0.2, 0) is 32.0 Å². The Labute approximate surface area is 174 Å². The van der Waals surface area contributed by atoms with Crippen molar-refractivity contribution >= 4 is 25.8 Å². The highest BCUT2D eigenvalue weighted by Crippen LogP contribution is 2.18. The van der Waals surface area contributed by atoms with E-state index >= 15 is 0 Å². The Bertz CT molecular complexity index is 1230. The SMILES string of the molecule is NS(=O)(=O)c1ccc(CCNC(=O)c2ccc(CS(=O)(=O)c3ccccc3)o2)cc1. The number of hydrogen-bond acceptors (Lipinski definition) is 6. The molecule has 0 aliphatic rings. The zero-order valence-corrected chi connectivity index (χ0v) is 17.4. The number of sulfonamides is 1. The quantitative estimate of drug-likeness (QED) is 0.540. The van der Waals surface area contributed by atoms with Crippen LogP contribution >= 0.6 is 0 Å². The fraction of sp³-hybridized carbons (Fsp3) is 0.150. The molecule has 1 heterocycles. The number of amides is 1. The number of carbonyl (C=O) groups is 1. The van der Waals surface area contributed by atoms with Gasteiger partial charge in [0.15, 0.2) is 15.6 Å². The smallest absolute Gasteiger partial charge is 0.287 e. The Morgan fingerprint density at radius 3 is 2.17 bits per heavy atom. The van der Waals surface area contributed by atoms with Gasteiger partial charge in [-0.25, -0.2) is 22.0 Å². The van der Waals surface area contributed by atoms with Gasteiger partial charge in [0.2, 0.25) is 10.0 Å². The molecule has 0 bridgehead atoms. The average Bonchev–Trinajstić information content (AvgIpc) is 3.16. The van der Waals surface area contributed by atoms with Crippen molar-refractivity contribution in [2.75, 3.05) is 6.54 Å². The number of rotatable bonds is 8. The van der Waals surface area contributed by atoms with Gasteiger partial charge in [-0.1, -0.05) is 30.3 Å². The van der Waals surface area contributed by atoms with Crippen LogP contribution in [0.25, 0.3) is 0 Å². The number of sulfone groups is 1. The molecule has 1 amide bonds. The number of benzene rings is 2. The molecule has 0 atom stereocenters. The van der Waals surface area contributed by atoms with E-state index in [4.69, 9.17) is 9.56 Å². The van der Waals surface area contributed by atoms with Crippen LogP contribution in [0.1, 0.15) is 21.9 Å². The summed E-state index contributed by atoms with van der Waals surface area (Å²) < 4.78 is 52.7. The van der Waals surface area contributed by atoms with Gasteiger partial charge in [0.05, 0.1) is 9.79 Å². The van der Waals surface area contributed by atoms with Crippen LogP contribution in [0.4, 0.5) is 0 Å². The molecule has 158 valence electrons. The molecule has 30 heavy (non-hydrogen) atoms. The number of hydrogen-bond donors (Lipinski definition) is 2. The van der Waals surface area contributed by atoms with Gasteiger partial charge in [0, 0.05) is 6.54 Å². The van der Waals surface area contributed by atoms with Crippen LogP contribution in [0.3, 0.4) is 0 Å². The first-order chi connectivity index (χ1) is 14.1. The van der Waals surface area contributed by atoms with Gasteiger partial charge in [-0.15, -0.1) is 0 Å². The fourth-order valence-electron chi connectivity index (χ4n) is 2.73. The van der Waals surface area contributed by atoms with E-state index in [2.05, 4.69) is 5.32 Å². The van der Waals surface area contributed by atoms with Crippen LogP contribution in [0, 0.1) is 0 Å². The second-order valence-corrected chi connectivity index (χ2v) is 10.1. The monoisotopic (exact) mass is 448 g/mol. The molecule has 3 aromatic rings. The van der Waals surface area contributed by atoms with Crippen molar-refractivity contribution in [2.45, 2.75) is 22.0 Å². The Morgan fingerprint density at radius 1 is 0.867 bits per heavy atom. The average molecular weight is 449 g/mol.